The van der Waals surface area contributed by atoms with Crippen molar-refractivity contribution in [3.05, 3.63) is 41.5 Å². The van der Waals surface area contributed by atoms with Crippen molar-refractivity contribution < 1.29 is 24.9 Å². The SMILES string of the molecule is CCCC[C@H](CC)C(O)/C=C/[C@@H]1[C@H]2CCc3ccc(C(=O)O)cc3O[C@H]2C[C@H]1O. The molecule has 0 bridgehead atoms. The number of aromatic carboxylic acids is 1. The van der Waals surface area contributed by atoms with Crippen molar-refractivity contribution in [1.29, 1.82) is 0 Å². The van der Waals surface area contributed by atoms with E-state index in [0.717, 1.165) is 44.1 Å². The van der Waals surface area contributed by atoms with Crippen molar-refractivity contribution in [3.8, 4) is 5.75 Å². The molecule has 1 saturated carbocycles. The van der Waals surface area contributed by atoms with Gasteiger partial charge in [-0.15, -0.1) is 0 Å². The summed E-state index contributed by atoms with van der Waals surface area (Å²) < 4.78 is 6.18. The fourth-order valence-electron chi connectivity index (χ4n) is 4.86. The fraction of sp³-hybridized carbons (Fsp3) is 0.625. The maximum absolute atomic E-state index is 11.3. The zero-order chi connectivity index (χ0) is 21.0. The number of aliphatic hydroxyl groups is 2. The Bertz CT molecular complexity index is 728. The van der Waals surface area contributed by atoms with E-state index in [9.17, 15) is 20.1 Å². The van der Waals surface area contributed by atoms with Crippen LogP contribution >= 0.6 is 0 Å². The second kappa shape index (κ2) is 9.77. The number of hydrogen-bond donors (Lipinski definition) is 3. The zero-order valence-corrected chi connectivity index (χ0v) is 17.5. The number of rotatable bonds is 8. The molecule has 0 aromatic heterocycles. The van der Waals surface area contributed by atoms with Crippen LogP contribution in [0.1, 0.15) is 68.3 Å². The number of benzene rings is 1. The number of aliphatic hydroxyl groups excluding tert-OH is 2. The van der Waals surface area contributed by atoms with Crippen LogP contribution in [0.3, 0.4) is 0 Å². The van der Waals surface area contributed by atoms with Gasteiger partial charge in [-0.1, -0.05) is 51.3 Å². The molecule has 0 saturated heterocycles. The van der Waals surface area contributed by atoms with Gasteiger partial charge in [0.1, 0.15) is 11.9 Å². The topological polar surface area (TPSA) is 87.0 Å². The molecule has 6 atom stereocenters. The Morgan fingerprint density at radius 3 is 2.83 bits per heavy atom. The number of unbranched alkanes of at least 4 members (excludes halogenated alkanes) is 1. The predicted molar refractivity (Wildman–Crippen MR) is 112 cm³/mol. The lowest BCUT2D eigenvalue weighted by atomic mass is 9.86. The lowest BCUT2D eigenvalue weighted by molar-refractivity contribution is 0.0695. The van der Waals surface area contributed by atoms with Gasteiger partial charge in [-0.05, 0) is 42.9 Å². The van der Waals surface area contributed by atoms with Crippen LogP contribution in [0.2, 0.25) is 0 Å². The number of carboxylic acid groups (broad SMARTS) is 1. The van der Waals surface area contributed by atoms with Crippen molar-refractivity contribution in [2.75, 3.05) is 0 Å². The van der Waals surface area contributed by atoms with Gasteiger partial charge in [0.15, 0.2) is 0 Å². The first-order chi connectivity index (χ1) is 13.9. The lowest BCUT2D eigenvalue weighted by Crippen LogP contribution is -2.24. The van der Waals surface area contributed by atoms with E-state index >= 15 is 0 Å². The average Bonchev–Trinajstić information content (AvgIpc) is 2.88. The summed E-state index contributed by atoms with van der Waals surface area (Å²) in [6, 6.07) is 5.05. The molecule has 3 N–H and O–H groups in total. The maximum Gasteiger partial charge on any atom is 0.335 e. The van der Waals surface area contributed by atoms with Crippen LogP contribution in [0, 0.1) is 17.8 Å². The number of carbonyl (C=O) groups is 1. The van der Waals surface area contributed by atoms with Gasteiger partial charge in [0.25, 0.3) is 0 Å². The number of fused-ring (bicyclic) bond motifs is 2. The van der Waals surface area contributed by atoms with Gasteiger partial charge < -0.3 is 20.1 Å². The molecule has 1 aliphatic heterocycles. The summed E-state index contributed by atoms with van der Waals surface area (Å²) in [5.41, 5.74) is 1.24. The highest BCUT2D eigenvalue weighted by molar-refractivity contribution is 5.88. The first-order valence-corrected chi connectivity index (χ1v) is 11.0. The van der Waals surface area contributed by atoms with Gasteiger partial charge in [0, 0.05) is 18.3 Å². The fourth-order valence-corrected chi connectivity index (χ4v) is 4.86. The highest BCUT2D eigenvalue weighted by Crippen LogP contribution is 2.42. The largest absolute Gasteiger partial charge is 0.490 e. The van der Waals surface area contributed by atoms with Gasteiger partial charge in [0.05, 0.1) is 17.8 Å². The summed E-state index contributed by atoms with van der Waals surface area (Å²) in [7, 11) is 0. The predicted octanol–water partition coefficient (Wildman–Crippen LogP) is 4.21. The minimum Gasteiger partial charge on any atom is -0.490 e. The summed E-state index contributed by atoms with van der Waals surface area (Å²) in [6.07, 6.45) is 9.14. The molecule has 1 unspecified atom stereocenters. The van der Waals surface area contributed by atoms with Gasteiger partial charge in [-0.2, -0.15) is 0 Å². The number of carboxylic acids is 1. The third-order valence-corrected chi connectivity index (χ3v) is 6.70. The first-order valence-electron chi connectivity index (χ1n) is 11.0. The number of ether oxygens (including phenoxy) is 1. The maximum atomic E-state index is 11.3. The van der Waals surface area contributed by atoms with E-state index in [2.05, 4.69) is 13.8 Å². The molecular weight excluding hydrogens is 368 g/mol. The van der Waals surface area contributed by atoms with Crippen molar-refractivity contribution in [2.24, 2.45) is 17.8 Å². The average molecular weight is 403 g/mol. The van der Waals surface area contributed by atoms with Gasteiger partial charge >= 0.3 is 5.97 Å². The monoisotopic (exact) mass is 402 g/mol. The molecule has 1 aliphatic carbocycles. The van der Waals surface area contributed by atoms with Crippen LogP contribution in [0.4, 0.5) is 0 Å². The quantitative estimate of drug-likeness (QED) is 0.567. The summed E-state index contributed by atoms with van der Waals surface area (Å²) in [6.45, 7) is 4.27. The van der Waals surface area contributed by atoms with E-state index < -0.39 is 18.2 Å². The van der Waals surface area contributed by atoms with E-state index in [4.69, 9.17) is 4.74 Å². The summed E-state index contributed by atoms with van der Waals surface area (Å²) in [4.78, 5) is 11.3. The van der Waals surface area contributed by atoms with Gasteiger partial charge in [-0.3, -0.25) is 0 Å². The third kappa shape index (κ3) is 5.01. The van der Waals surface area contributed by atoms with Gasteiger partial charge in [0.2, 0.25) is 0 Å². The van der Waals surface area contributed by atoms with Crippen LogP contribution in [0.5, 0.6) is 5.75 Å². The van der Waals surface area contributed by atoms with E-state index in [0.29, 0.717) is 12.2 Å². The first kappa shape index (κ1) is 21.8. The normalized spacial score (nSPS) is 28.3. The van der Waals surface area contributed by atoms with Crippen molar-refractivity contribution in [3.63, 3.8) is 0 Å². The number of aryl methyl sites for hydroxylation is 1. The summed E-state index contributed by atoms with van der Waals surface area (Å²) >= 11 is 0. The van der Waals surface area contributed by atoms with Crippen LogP contribution < -0.4 is 4.74 Å². The molecule has 0 spiro atoms. The molecule has 5 nitrogen and oxygen atoms in total. The molecule has 0 amide bonds. The molecule has 160 valence electrons. The smallest absolute Gasteiger partial charge is 0.335 e. The molecule has 5 heteroatoms. The standard InChI is InChI=1S/C24H34O5/c1-3-5-6-15(4-2)20(25)12-11-18-19-10-9-16-7-8-17(24(27)28)13-22(16)29-23(19)14-21(18)26/h7-8,11-13,15,18-21,23,25-26H,3-6,9-10,14H2,1-2H3,(H,27,28)/b12-11+/t15-,18+,19+,20?,21+,23-/m0/s1. The minimum absolute atomic E-state index is 0.0495. The highest BCUT2D eigenvalue weighted by atomic mass is 16.5. The van der Waals surface area contributed by atoms with Crippen LogP contribution in [-0.2, 0) is 6.42 Å². The Hall–Kier alpha value is -1.85. The van der Waals surface area contributed by atoms with Crippen LogP contribution in [-0.4, -0.2) is 39.6 Å². The van der Waals surface area contributed by atoms with E-state index in [-0.39, 0.29) is 29.4 Å². The van der Waals surface area contributed by atoms with Crippen molar-refractivity contribution in [1.82, 2.24) is 0 Å². The lowest BCUT2D eigenvalue weighted by Gasteiger charge is -2.23. The molecule has 29 heavy (non-hydrogen) atoms. The Morgan fingerprint density at radius 1 is 1.34 bits per heavy atom. The Kier molecular flexibility index (Phi) is 7.36. The molecule has 2 aliphatic rings. The molecular formula is C24H34O5. The second-order valence-corrected chi connectivity index (χ2v) is 8.55. The van der Waals surface area contributed by atoms with E-state index in [1.165, 1.54) is 0 Å². The number of hydrogen-bond acceptors (Lipinski definition) is 4. The van der Waals surface area contributed by atoms with Crippen molar-refractivity contribution >= 4 is 5.97 Å². The molecule has 3 rings (SSSR count). The summed E-state index contributed by atoms with van der Waals surface area (Å²) in [5.74, 6) is 0.0212. The Labute approximate surface area is 173 Å². The zero-order valence-electron chi connectivity index (χ0n) is 17.5. The Balaban J connectivity index is 1.71. The molecule has 0 radical (unpaired) electrons. The minimum atomic E-state index is -0.966. The van der Waals surface area contributed by atoms with Crippen LogP contribution in [0.15, 0.2) is 30.4 Å². The van der Waals surface area contributed by atoms with Crippen LogP contribution in [0.25, 0.3) is 0 Å². The summed E-state index contributed by atoms with van der Waals surface area (Å²) in [5, 5.41) is 30.5. The third-order valence-electron chi connectivity index (χ3n) is 6.70. The highest BCUT2D eigenvalue weighted by Gasteiger charge is 2.43. The Morgan fingerprint density at radius 2 is 2.14 bits per heavy atom. The molecule has 1 aromatic rings. The van der Waals surface area contributed by atoms with E-state index in [1.807, 2.05) is 18.2 Å². The van der Waals surface area contributed by atoms with Crippen molar-refractivity contribution in [2.45, 2.75) is 77.1 Å². The molecule has 1 aromatic carbocycles. The molecule has 1 fully saturated rings. The van der Waals surface area contributed by atoms with E-state index in [1.54, 1.807) is 12.1 Å². The second-order valence-electron chi connectivity index (χ2n) is 8.55. The molecule has 1 heterocycles. The van der Waals surface area contributed by atoms with Gasteiger partial charge in [-0.25, -0.2) is 4.79 Å².